The minimum absolute atomic E-state index is 0. The number of hydrogen-bond donors (Lipinski definition) is 0. The van der Waals surface area contributed by atoms with Crippen molar-refractivity contribution in [2.45, 2.75) is 0 Å². The number of halogens is 3. The van der Waals surface area contributed by atoms with Crippen molar-refractivity contribution in [1.29, 1.82) is 0 Å². The maximum Gasteiger partial charge on any atom is 0.0814 e. The van der Waals surface area contributed by atoms with E-state index in [1.165, 1.54) is 0 Å². The molecule has 0 amide bonds. The third-order valence-corrected chi connectivity index (χ3v) is 0. The maximum atomic E-state index is 0. The first-order valence-corrected chi connectivity index (χ1v) is 0. The van der Waals surface area contributed by atoms with Crippen LogP contribution in [0.4, 0.5) is 0 Å². The topological polar surface area (TPSA) is 0 Å². The van der Waals surface area contributed by atoms with Gasteiger partial charge in [0.25, 0.3) is 0 Å². The van der Waals surface area contributed by atoms with Crippen LogP contribution in [0.1, 0.15) is 0 Å². The molecule has 0 radical (unpaired) electrons. The van der Waals surface area contributed by atoms with Gasteiger partial charge in [-0.05, 0) is 0 Å². The summed E-state index contributed by atoms with van der Waals surface area (Å²) in [6, 6.07) is 0. The summed E-state index contributed by atoms with van der Waals surface area (Å²) in [6.45, 7) is 0. The van der Waals surface area contributed by atoms with Crippen LogP contribution in [0.3, 0.4) is 0 Å². The average Bonchev–Trinajstić information content (AvgIpc) is 0. The molecule has 0 nitrogen and oxygen atoms in total. The number of rotatable bonds is 0. The highest BCUT2D eigenvalue weighted by Gasteiger charge is 0.0814. The van der Waals surface area contributed by atoms with E-state index in [0.29, 0.717) is 0 Å². The Morgan fingerprint density at radius 3 is 0.500 bits per heavy atom. The molecule has 0 aliphatic heterocycles. The summed E-state index contributed by atoms with van der Waals surface area (Å²) >= 11 is 0. The van der Waals surface area contributed by atoms with Gasteiger partial charge in [0.15, 0.2) is 0 Å². The summed E-state index contributed by atoms with van der Waals surface area (Å²) in [5.74, 6) is 0. The van der Waals surface area contributed by atoms with Gasteiger partial charge in [-0.25, -0.2) is 0 Å². The molecule has 0 aromatic heterocycles. The van der Waals surface area contributed by atoms with Gasteiger partial charge in [-0.3, -0.25) is 0 Å². The van der Waals surface area contributed by atoms with E-state index in [2.05, 4.69) is 0 Å². The lowest BCUT2D eigenvalue weighted by atomic mass is 10.8. The van der Waals surface area contributed by atoms with E-state index in [1.807, 2.05) is 0 Å². The van der Waals surface area contributed by atoms with Gasteiger partial charge >= 0.3 is 0 Å². The Morgan fingerprint density at radius 1 is 0.500 bits per heavy atom. The van der Waals surface area contributed by atoms with Crippen molar-refractivity contribution in [1.82, 2.24) is 0 Å². The van der Waals surface area contributed by atoms with Crippen molar-refractivity contribution in [3.05, 3.63) is 0 Å². The monoisotopic (exact) mass is 122 g/mol. The smallest absolute Gasteiger partial charge is 0.0814 e. The van der Waals surface area contributed by atoms with Crippen molar-refractivity contribution in [3.8, 4) is 0 Å². The normalized spacial score (nSPS) is 0. The molecule has 0 N–H and O–H groups in total. The predicted octanol–water partition coefficient (Wildman–Crippen LogP) is 0.0815. The second kappa shape index (κ2) is 38.8. The Balaban J connectivity index is 0. The van der Waals surface area contributed by atoms with Gasteiger partial charge in [-0.2, -0.15) is 0 Å². The van der Waals surface area contributed by atoms with E-state index < -0.39 is 0 Å². The van der Waals surface area contributed by atoms with Gasteiger partial charge in [0.2, 0.25) is 0 Å². The molecule has 0 saturated carbocycles. The first-order valence-electron chi connectivity index (χ1n) is 0. The highest BCUT2D eigenvalue weighted by Crippen LogP contribution is 0.692. The van der Waals surface area contributed by atoms with Crippen molar-refractivity contribution < 1.29 is 0 Å². The lowest BCUT2D eigenvalue weighted by Gasteiger charge is -0.148. The molecule has 0 aliphatic carbocycles. The maximum absolute atomic E-state index is 0. The molecule has 0 fully saturated rings. The fourth-order valence-electron chi connectivity index (χ4n) is 0. The fourth-order valence-corrected chi connectivity index (χ4v) is 0. The summed E-state index contributed by atoms with van der Waals surface area (Å²) < 4.78 is 0. The van der Waals surface area contributed by atoms with Crippen LogP contribution in [0.2, 0.25) is 0 Å². The molecule has 0 aromatic rings. The Hall–Kier alpha value is 0.935. The molecule has 0 spiro atoms. The molecule has 0 saturated heterocycles. The van der Waals surface area contributed by atoms with Crippen molar-refractivity contribution in [2.75, 3.05) is 0 Å². The molecular formula is H6BCl3. The Morgan fingerprint density at radius 2 is 0.500 bits per heavy atom. The van der Waals surface area contributed by atoms with E-state index >= 15 is 0 Å². The van der Waals surface area contributed by atoms with Crippen LogP contribution in [0.25, 0.3) is 0 Å². The highest BCUT2D eigenvalue weighted by molar-refractivity contribution is 5.86. The number of hydrogen-bond acceptors (Lipinski definition) is 0. The predicted molar refractivity (Wildman–Crippen MR) is 31.7 cm³/mol. The average molecular weight is 123 g/mol. The Bertz CT molecular complexity index is 3.25. The summed E-state index contributed by atoms with van der Waals surface area (Å²) in [5, 5.41) is 0. The van der Waals surface area contributed by atoms with Crippen molar-refractivity contribution in [2.24, 2.45) is 0 Å². The molecule has 0 aliphatic rings. The van der Waals surface area contributed by atoms with Crippen LogP contribution in [-0.4, -0.2) is 8.41 Å². The zero-order valence-electron chi connectivity index (χ0n) is 1.22. The van der Waals surface area contributed by atoms with Crippen molar-refractivity contribution >= 4 is 45.6 Å². The molecule has 0 rings (SSSR count). The van der Waals surface area contributed by atoms with Crippen LogP contribution < -0.4 is 0 Å². The van der Waals surface area contributed by atoms with E-state index in [4.69, 9.17) is 0 Å². The first-order chi connectivity index (χ1) is 0. The summed E-state index contributed by atoms with van der Waals surface area (Å²) in [5.41, 5.74) is 0. The molecule has 30 valence electrons. The Labute approximate surface area is 46.1 Å². The second-order valence-corrected chi connectivity index (χ2v) is 0. The quantitative estimate of drug-likeness (QED) is 0.400. The van der Waals surface area contributed by atoms with E-state index in [0.717, 1.165) is 0 Å². The van der Waals surface area contributed by atoms with Gasteiger partial charge in [0, 0.05) is 0 Å². The first kappa shape index (κ1) is 87.4. The van der Waals surface area contributed by atoms with E-state index in [-0.39, 0.29) is 45.6 Å². The summed E-state index contributed by atoms with van der Waals surface area (Å²) in [7, 11) is 0. The van der Waals surface area contributed by atoms with Crippen LogP contribution >= 0.6 is 37.2 Å². The largest absolute Gasteiger partial charge is 0.147 e. The standard InChI is InChI=1S/BH3.3ClH/h1H3;3*1H. The van der Waals surface area contributed by atoms with Crippen LogP contribution in [0, 0.1) is 0 Å². The van der Waals surface area contributed by atoms with Gasteiger partial charge in [-0.15, -0.1) is 37.2 Å². The minimum Gasteiger partial charge on any atom is -0.147 e. The molecule has 0 unspecified atom stereocenters. The molecule has 4 heteroatoms. The van der Waals surface area contributed by atoms with Gasteiger partial charge < -0.3 is 0 Å². The van der Waals surface area contributed by atoms with E-state index in [9.17, 15) is 0 Å². The Kier molecular flexibility index (Phi) is 847. The zero-order chi connectivity index (χ0) is 0. The SMILES string of the molecule is B.Cl.Cl.Cl. The van der Waals surface area contributed by atoms with Crippen LogP contribution in [-0.2, 0) is 0 Å². The second-order valence-electron chi connectivity index (χ2n) is 0. The molecule has 0 atom stereocenters. The zero-order valence-corrected chi connectivity index (χ0v) is 3.67. The molecule has 4 heavy (non-hydrogen) atoms. The van der Waals surface area contributed by atoms with Crippen LogP contribution in [0.15, 0.2) is 0 Å². The summed E-state index contributed by atoms with van der Waals surface area (Å²) in [4.78, 5) is 0. The fraction of sp³-hybridized carbons (Fsp3) is 0. The van der Waals surface area contributed by atoms with Gasteiger partial charge in [-0.1, -0.05) is 0 Å². The lowest BCUT2D eigenvalue weighted by molar-refractivity contribution is 5.75. The lowest BCUT2D eigenvalue weighted by Crippen LogP contribution is -0.381. The third-order valence-electron chi connectivity index (χ3n) is 0. The van der Waals surface area contributed by atoms with Gasteiger partial charge in [0.1, 0.15) is 0 Å². The minimum atomic E-state index is 0. The molecule has 0 aromatic carbocycles. The molecular weight excluding hydrogens is 117 g/mol. The highest BCUT2D eigenvalue weighted by atomic mass is 35.5. The summed E-state index contributed by atoms with van der Waals surface area (Å²) in [6.07, 6.45) is 0. The van der Waals surface area contributed by atoms with Crippen molar-refractivity contribution in [3.63, 3.8) is 0 Å². The molecule has 0 bridgehead atoms. The van der Waals surface area contributed by atoms with E-state index in [1.54, 1.807) is 0 Å². The van der Waals surface area contributed by atoms with Gasteiger partial charge in [0.05, 0.1) is 8.41 Å². The molecule has 0 heterocycles. The van der Waals surface area contributed by atoms with Crippen LogP contribution in [0.5, 0.6) is 0 Å². The third kappa shape index (κ3) is 12.6.